The summed E-state index contributed by atoms with van der Waals surface area (Å²) in [5, 5.41) is 2.86. The number of aryl methyl sites for hydroxylation is 1. The van der Waals surface area contributed by atoms with Crippen molar-refractivity contribution >= 4 is 44.2 Å². The molecule has 0 radical (unpaired) electrons. The van der Waals surface area contributed by atoms with E-state index in [1.807, 2.05) is 6.92 Å². The van der Waals surface area contributed by atoms with E-state index in [-0.39, 0.29) is 5.91 Å². The van der Waals surface area contributed by atoms with Gasteiger partial charge in [0.1, 0.15) is 0 Å². The number of carbonyl (C=O) groups excluding carboxylic acids is 1. The first-order valence-electron chi connectivity index (χ1n) is 8.18. The number of hydrogen-bond donors (Lipinski definition) is 1. The van der Waals surface area contributed by atoms with Crippen molar-refractivity contribution in [1.82, 2.24) is 9.97 Å². The van der Waals surface area contributed by atoms with E-state index in [9.17, 15) is 13.2 Å². The summed E-state index contributed by atoms with van der Waals surface area (Å²) >= 11 is 0. The van der Waals surface area contributed by atoms with Crippen molar-refractivity contribution in [1.29, 1.82) is 0 Å². The molecule has 2 heterocycles. The third kappa shape index (κ3) is 2.67. The fraction of sp³-hybridized carbons (Fsp3) is 0.167. The van der Waals surface area contributed by atoms with Crippen molar-refractivity contribution in [2.75, 3.05) is 28.0 Å². The van der Waals surface area contributed by atoms with Gasteiger partial charge in [0.05, 0.1) is 22.4 Å². The van der Waals surface area contributed by atoms with Crippen molar-refractivity contribution in [3.8, 4) is 0 Å². The van der Waals surface area contributed by atoms with Crippen molar-refractivity contribution in [3.05, 3.63) is 53.9 Å². The molecule has 0 unspecified atom stereocenters. The van der Waals surface area contributed by atoms with Gasteiger partial charge in [0.2, 0.25) is 0 Å². The Morgan fingerprint density at radius 1 is 0.963 bits per heavy atom. The van der Waals surface area contributed by atoms with Crippen molar-refractivity contribution in [2.24, 2.45) is 0 Å². The Morgan fingerprint density at radius 3 is 2.30 bits per heavy atom. The van der Waals surface area contributed by atoms with Crippen LogP contribution in [0.4, 0.5) is 17.1 Å². The zero-order chi connectivity index (χ0) is 19.3. The minimum atomic E-state index is -3.56. The second-order valence-corrected chi connectivity index (χ2v) is 8.30. The summed E-state index contributed by atoms with van der Waals surface area (Å²) in [6.45, 7) is 1.82. The predicted molar refractivity (Wildman–Crippen MR) is 104 cm³/mol. The molecule has 2 aromatic carbocycles. The van der Waals surface area contributed by atoms with Crippen molar-refractivity contribution < 1.29 is 13.2 Å². The highest BCUT2D eigenvalue weighted by molar-refractivity contribution is 7.94. The van der Waals surface area contributed by atoms with Crippen LogP contribution in [-0.4, -0.2) is 38.4 Å². The first kappa shape index (κ1) is 17.2. The molecule has 0 spiro atoms. The van der Waals surface area contributed by atoms with E-state index in [0.717, 1.165) is 5.56 Å². The number of hydrogen-bond acceptors (Lipinski definition) is 5. The lowest BCUT2D eigenvalue weighted by Crippen LogP contribution is -2.32. The minimum Gasteiger partial charge on any atom is -0.322 e. The summed E-state index contributed by atoms with van der Waals surface area (Å²) in [6.07, 6.45) is 3.17. The molecule has 0 saturated carbocycles. The maximum atomic E-state index is 12.7. The van der Waals surface area contributed by atoms with Crippen LogP contribution in [0.25, 0.3) is 11.0 Å². The second kappa shape index (κ2) is 5.92. The van der Waals surface area contributed by atoms with Gasteiger partial charge in [0.15, 0.2) is 0 Å². The Kier molecular flexibility index (Phi) is 3.77. The van der Waals surface area contributed by atoms with Crippen molar-refractivity contribution in [2.45, 2.75) is 6.92 Å². The van der Waals surface area contributed by atoms with Crippen LogP contribution in [0, 0.1) is 6.92 Å². The maximum Gasteiger partial charge on any atom is 0.326 e. The Labute approximate surface area is 156 Å². The number of amides is 1. The van der Waals surface area contributed by atoms with Crippen LogP contribution in [-0.2, 0) is 10.2 Å². The summed E-state index contributed by atoms with van der Waals surface area (Å²) in [7, 11) is -0.570. The molecule has 3 aromatic rings. The Morgan fingerprint density at radius 2 is 1.59 bits per heavy atom. The number of anilines is 3. The van der Waals surface area contributed by atoms with Crippen LogP contribution >= 0.6 is 0 Å². The normalized spacial score (nSPS) is 15.1. The lowest BCUT2D eigenvalue weighted by atomic mass is 10.1. The van der Waals surface area contributed by atoms with Gasteiger partial charge in [-0.2, -0.15) is 8.42 Å². The Balaban J connectivity index is 1.69. The van der Waals surface area contributed by atoms with Crippen LogP contribution in [0.2, 0.25) is 0 Å². The van der Waals surface area contributed by atoms with Gasteiger partial charge in [-0.15, -0.1) is 0 Å². The number of fused-ring (bicyclic) bond motifs is 2. The van der Waals surface area contributed by atoms with Crippen LogP contribution in [0.15, 0.2) is 42.7 Å². The average Bonchev–Trinajstić information content (AvgIpc) is 2.82. The quantitative estimate of drug-likeness (QED) is 0.733. The van der Waals surface area contributed by atoms with Gasteiger partial charge in [-0.3, -0.25) is 23.4 Å². The molecule has 0 atom stereocenters. The molecule has 4 rings (SSSR count). The topological polar surface area (TPSA) is 95.5 Å². The van der Waals surface area contributed by atoms with E-state index < -0.39 is 10.2 Å². The molecule has 0 fully saturated rings. The molecule has 27 heavy (non-hydrogen) atoms. The molecule has 1 N–H and O–H groups in total. The zero-order valence-electron chi connectivity index (χ0n) is 15.0. The molecule has 138 valence electrons. The van der Waals surface area contributed by atoms with Crippen LogP contribution < -0.4 is 13.9 Å². The van der Waals surface area contributed by atoms with Gasteiger partial charge in [-0.1, -0.05) is 0 Å². The molecule has 8 nitrogen and oxygen atoms in total. The second-order valence-electron chi connectivity index (χ2n) is 6.31. The highest BCUT2D eigenvalue weighted by atomic mass is 32.2. The number of nitrogens with zero attached hydrogens (tertiary/aromatic N) is 4. The third-order valence-corrected chi connectivity index (χ3v) is 6.45. The summed E-state index contributed by atoms with van der Waals surface area (Å²) in [5.74, 6) is -0.303. The Hall–Kier alpha value is -3.20. The minimum absolute atomic E-state index is 0.303. The molecule has 1 aromatic heterocycles. The molecule has 1 aliphatic rings. The maximum absolute atomic E-state index is 12.7. The number of aromatic nitrogens is 2. The first-order valence-corrected chi connectivity index (χ1v) is 9.58. The highest BCUT2D eigenvalue weighted by Crippen LogP contribution is 2.42. The van der Waals surface area contributed by atoms with E-state index in [2.05, 4.69) is 15.3 Å². The largest absolute Gasteiger partial charge is 0.326 e. The van der Waals surface area contributed by atoms with Gasteiger partial charge < -0.3 is 5.32 Å². The van der Waals surface area contributed by atoms with E-state index in [4.69, 9.17) is 0 Å². The molecule has 0 bridgehead atoms. The smallest absolute Gasteiger partial charge is 0.322 e. The molecule has 9 heteroatoms. The average molecular weight is 383 g/mol. The number of benzene rings is 2. The molecular weight excluding hydrogens is 366 g/mol. The van der Waals surface area contributed by atoms with Gasteiger partial charge in [0.25, 0.3) is 5.91 Å². The lowest BCUT2D eigenvalue weighted by molar-refractivity contribution is 0.102. The van der Waals surface area contributed by atoms with E-state index in [1.54, 1.807) is 42.7 Å². The fourth-order valence-corrected chi connectivity index (χ4v) is 4.21. The van der Waals surface area contributed by atoms with Crippen LogP contribution in [0.1, 0.15) is 15.9 Å². The lowest BCUT2D eigenvalue weighted by Gasteiger charge is -2.13. The Bertz CT molecular complexity index is 1190. The summed E-state index contributed by atoms with van der Waals surface area (Å²) in [6, 6.07) is 8.51. The summed E-state index contributed by atoms with van der Waals surface area (Å²) < 4.78 is 27.0. The van der Waals surface area contributed by atoms with Crippen LogP contribution in [0.5, 0.6) is 0 Å². The van der Waals surface area contributed by atoms with E-state index in [0.29, 0.717) is 33.7 Å². The molecule has 0 aliphatic carbocycles. The first-order chi connectivity index (χ1) is 12.8. The number of nitrogens with one attached hydrogen (secondary N) is 1. The highest BCUT2D eigenvalue weighted by Gasteiger charge is 2.36. The van der Waals surface area contributed by atoms with E-state index in [1.165, 1.54) is 22.7 Å². The molecule has 1 aliphatic heterocycles. The number of carbonyl (C=O) groups is 1. The SMILES string of the molecule is Cc1cc2c(cc1NC(=O)c1ccc3nccnc3c1)N(C)S(=O)(=O)N2C. The van der Waals surface area contributed by atoms with Gasteiger partial charge >= 0.3 is 10.2 Å². The number of rotatable bonds is 2. The summed E-state index contributed by atoms with van der Waals surface area (Å²) in [5.41, 5.74) is 4.19. The molecule has 0 saturated heterocycles. The summed E-state index contributed by atoms with van der Waals surface area (Å²) in [4.78, 5) is 21.1. The van der Waals surface area contributed by atoms with Gasteiger partial charge in [-0.25, -0.2) is 0 Å². The van der Waals surface area contributed by atoms with Crippen LogP contribution in [0.3, 0.4) is 0 Å². The van der Waals surface area contributed by atoms with Gasteiger partial charge in [-0.05, 0) is 42.8 Å². The van der Waals surface area contributed by atoms with Crippen molar-refractivity contribution in [3.63, 3.8) is 0 Å². The van der Waals surface area contributed by atoms with E-state index >= 15 is 0 Å². The molecular formula is C18H17N5O3S. The third-order valence-electron chi connectivity index (χ3n) is 4.67. The monoisotopic (exact) mass is 383 g/mol. The predicted octanol–water partition coefficient (Wildman–Crippen LogP) is 2.32. The fourth-order valence-electron chi connectivity index (χ4n) is 3.05. The zero-order valence-corrected chi connectivity index (χ0v) is 15.8. The molecule has 1 amide bonds. The van der Waals surface area contributed by atoms with Gasteiger partial charge in [0, 0.05) is 37.7 Å². The standard InChI is InChI=1S/C18H17N5O3S/c1-11-8-16-17(23(3)27(25,26)22(16)2)10-14(11)21-18(24)12-4-5-13-15(9-12)20-7-6-19-13/h4-10H,1-3H3,(H,21,24).